The van der Waals surface area contributed by atoms with Crippen molar-refractivity contribution in [2.75, 3.05) is 16.8 Å². The highest BCUT2D eigenvalue weighted by molar-refractivity contribution is 9.10. The maximum atomic E-state index is 12.8. The van der Waals surface area contributed by atoms with Gasteiger partial charge in [0.25, 0.3) is 0 Å². The van der Waals surface area contributed by atoms with E-state index in [-0.39, 0.29) is 11.8 Å². The molecule has 2 heterocycles. The van der Waals surface area contributed by atoms with Crippen LogP contribution < -0.4 is 10.2 Å². The Morgan fingerprint density at radius 2 is 2.00 bits per heavy atom. The first-order valence-electron chi connectivity index (χ1n) is 9.35. The minimum Gasteiger partial charge on any atom is -0.441 e. The summed E-state index contributed by atoms with van der Waals surface area (Å²) < 4.78 is 6.49. The zero-order valence-electron chi connectivity index (χ0n) is 16.1. The summed E-state index contributed by atoms with van der Waals surface area (Å²) in [5, 5.41) is 2.86. The maximum Gasteiger partial charge on any atom is 0.239 e. The first-order chi connectivity index (χ1) is 13.9. The van der Waals surface area contributed by atoms with Gasteiger partial charge in [0.1, 0.15) is 11.7 Å². The van der Waals surface area contributed by atoms with Gasteiger partial charge in [-0.15, -0.1) is 0 Å². The Labute approximate surface area is 177 Å². The van der Waals surface area contributed by atoms with Crippen molar-refractivity contribution in [3.63, 3.8) is 0 Å². The van der Waals surface area contributed by atoms with E-state index in [1.807, 2.05) is 50.2 Å². The van der Waals surface area contributed by atoms with Crippen LogP contribution in [0.2, 0.25) is 0 Å². The standard InChI is InChI=1S/C22H20BrN3O3/c1-13-14(2)29-21(24-13)15-6-5-7-16(12-15)25-20(27)17-10-11-26(22(17)28)19-9-4-3-8-18(19)23/h3-9,12,17H,10-11H2,1-2H3,(H,25,27). The maximum absolute atomic E-state index is 12.8. The van der Waals surface area contributed by atoms with Gasteiger partial charge >= 0.3 is 0 Å². The van der Waals surface area contributed by atoms with Gasteiger partial charge in [-0.2, -0.15) is 0 Å². The molecule has 2 aromatic carbocycles. The molecule has 0 saturated carbocycles. The number of aromatic nitrogens is 1. The second kappa shape index (κ2) is 7.83. The van der Waals surface area contributed by atoms with E-state index in [0.717, 1.165) is 27.2 Å². The number of carbonyl (C=O) groups excluding carboxylic acids is 2. The average Bonchev–Trinajstić information content (AvgIpc) is 3.25. The summed E-state index contributed by atoms with van der Waals surface area (Å²) in [4.78, 5) is 31.7. The Bertz CT molecular complexity index is 1070. The van der Waals surface area contributed by atoms with E-state index < -0.39 is 5.92 Å². The molecule has 0 aliphatic carbocycles. The van der Waals surface area contributed by atoms with E-state index in [0.29, 0.717) is 24.5 Å². The largest absolute Gasteiger partial charge is 0.441 e. The van der Waals surface area contributed by atoms with Gasteiger partial charge in [-0.1, -0.05) is 18.2 Å². The van der Waals surface area contributed by atoms with Crippen LogP contribution in [0, 0.1) is 19.8 Å². The molecule has 148 valence electrons. The molecule has 1 aliphatic heterocycles. The van der Waals surface area contributed by atoms with Crippen molar-refractivity contribution >= 4 is 39.1 Å². The molecule has 1 aromatic heterocycles. The van der Waals surface area contributed by atoms with Crippen LogP contribution in [0.1, 0.15) is 17.9 Å². The van der Waals surface area contributed by atoms with E-state index in [9.17, 15) is 9.59 Å². The number of halogens is 1. The summed E-state index contributed by atoms with van der Waals surface area (Å²) >= 11 is 3.47. The van der Waals surface area contributed by atoms with Crippen molar-refractivity contribution < 1.29 is 14.0 Å². The molecule has 1 saturated heterocycles. The fraction of sp³-hybridized carbons (Fsp3) is 0.227. The van der Waals surface area contributed by atoms with Crippen LogP contribution >= 0.6 is 15.9 Å². The van der Waals surface area contributed by atoms with Gasteiger partial charge in [-0.3, -0.25) is 9.59 Å². The molecule has 1 fully saturated rings. The highest BCUT2D eigenvalue weighted by atomic mass is 79.9. The molecule has 6 nitrogen and oxygen atoms in total. The molecule has 1 N–H and O–H groups in total. The summed E-state index contributed by atoms with van der Waals surface area (Å²) in [6, 6.07) is 14.8. The summed E-state index contributed by atoms with van der Waals surface area (Å²) in [7, 11) is 0. The summed E-state index contributed by atoms with van der Waals surface area (Å²) in [6.45, 7) is 4.25. The van der Waals surface area contributed by atoms with Gasteiger partial charge < -0.3 is 14.6 Å². The third-order valence-corrected chi connectivity index (χ3v) is 5.74. The number of amides is 2. The minimum absolute atomic E-state index is 0.190. The number of benzene rings is 2. The van der Waals surface area contributed by atoms with Crippen molar-refractivity contribution in [1.29, 1.82) is 0 Å². The highest BCUT2D eigenvalue weighted by Gasteiger charge is 2.38. The van der Waals surface area contributed by atoms with Crippen LogP contribution in [0.25, 0.3) is 11.5 Å². The fourth-order valence-electron chi connectivity index (χ4n) is 3.39. The normalized spacial score (nSPS) is 16.3. The molecule has 1 atom stereocenters. The zero-order chi connectivity index (χ0) is 20.5. The predicted octanol–water partition coefficient (Wildman–Crippen LogP) is 4.71. The molecule has 29 heavy (non-hydrogen) atoms. The van der Waals surface area contributed by atoms with Crippen LogP contribution in [-0.4, -0.2) is 23.3 Å². The van der Waals surface area contributed by atoms with E-state index >= 15 is 0 Å². The van der Waals surface area contributed by atoms with E-state index in [4.69, 9.17) is 4.42 Å². The van der Waals surface area contributed by atoms with E-state index in [1.54, 1.807) is 17.0 Å². The van der Waals surface area contributed by atoms with Crippen molar-refractivity contribution in [3.8, 4) is 11.5 Å². The second-order valence-electron chi connectivity index (χ2n) is 7.01. The Morgan fingerprint density at radius 1 is 1.21 bits per heavy atom. The molecule has 0 radical (unpaired) electrons. The topological polar surface area (TPSA) is 75.4 Å². The lowest BCUT2D eigenvalue weighted by Gasteiger charge is -2.18. The molecular formula is C22H20BrN3O3. The molecular weight excluding hydrogens is 434 g/mol. The van der Waals surface area contributed by atoms with Crippen molar-refractivity contribution in [2.24, 2.45) is 5.92 Å². The SMILES string of the molecule is Cc1nc(-c2cccc(NC(=O)C3CCN(c4ccccc4Br)C3=O)c2)oc1C. The number of hydrogen-bond acceptors (Lipinski definition) is 4. The Kier molecular flexibility index (Phi) is 5.24. The third-order valence-electron chi connectivity index (χ3n) is 5.07. The summed E-state index contributed by atoms with van der Waals surface area (Å²) in [5.74, 6) is 0.0641. The Morgan fingerprint density at radius 3 is 2.72 bits per heavy atom. The first kappa shape index (κ1) is 19.4. The number of nitrogens with zero attached hydrogens (tertiary/aromatic N) is 2. The number of rotatable bonds is 4. The van der Waals surface area contributed by atoms with Gasteiger partial charge in [-0.25, -0.2) is 4.98 Å². The van der Waals surface area contributed by atoms with Crippen molar-refractivity contribution in [1.82, 2.24) is 4.98 Å². The number of anilines is 2. The molecule has 0 bridgehead atoms. The van der Waals surface area contributed by atoms with Crippen molar-refractivity contribution in [2.45, 2.75) is 20.3 Å². The van der Waals surface area contributed by atoms with Crippen LogP contribution in [0.3, 0.4) is 0 Å². The number of oxazole rings is 1. The first-order valence-corrected chi connectivity index (χ1v) is 10.1. The van der Waals surface area contributed by atoms with E-state index in [1.165, 1.54) is 0 Å². The predicted molar refractivity (Wildman–Crippen MR) is 115 cm³/mol. The summed E-state index contributed by atoms with van der Waals surface area (Å²) in [6.07, 6.45) is 0.476. The molecule has 4 rings (SSSR count). The molecule has 0 spiro atoms. The fourth-order valence-corrected chi connectivity index (χ4v) is 3.89. The van der Waals surface area contributed by atoms with Crippen LogP contribution in [0.4, 0.5) is 11.4 Å². The smallest absolute Gasteiger partial charge is 0.239 e. The van der Waals surface area contributed by atoms with Gasteiger partial charge in [0, 0.05) is 22.3 Å². The van der Waals surface area contributed by atoms with Crippen molar-refractivity contribution in [3.05, 3.63) is 64.5 Å². The summed E-state index contributed by atoms with van der Waals surface area (Å²) in [5.41, 5.74) is 2.99. The van der Waals surface area contributed by atoms with Gasteiger partial charge in [0.05, 0.1) is 11.4 Å². The molecule has 3 aromatic rings. The zero-order valence-corrected chi connectivity index (χ0v) is 17.7. The van der Waals surface area contributed by atoms with Gasteiger partial charge in [-0.05, 0) is 66.5 Å². The Hall–Kier alpha value is -2.93. The van der Waals surface area contributed by atoms with Crippen LogP contribution in [0.5, 0.6) is 0 Å². The lowest BCUT2D eigenvalue weighted by Crippen LogP contribution is -2.33. The lowest BCUT2D eigenvalue weighted by molar-refractivity contribution is -0.129. The Balaban J connectivity index is 1.49. The van der Waals surface area contributed by atoms with E-state index in [2.05, 4.69) is 26.2 Å². The quantitative estimate of drug-likeness (QED) is 0.580. The molecule has 1 aliphatic rings. The molecule has 1 unspecified atom stereocenters. The van der Waals surface area contributed by atoms with Crippen LogP contribution in [0.15, 0.2) is 57.4 Å². The minimum atomic E-state index is -0.711. The number of aryl methyl sites for hydroxylation is 2. The number of carbonyl (C=O) groups is 2. The number of nitrogens with one attached hydrogen (secondary N) is 1. The molecule has 2 amide bonds. The monoisotopic (exact) mass is 453 g/mol. The highest BCUT2D eigenvalue weighted by Crippen LogP contribution is 2.32. The van der Waals surface area contributed by atoms with Gasteiger partial charge in [0.15, 0.2) is 0 Å². The third kappa shape index (κ3) is 3.82. The second-order valence-corrected chi connectivity index (χ2v) is 7.87. The number of hydrogen-bond donors (Lipinski definition) is 1. The lowest BCUT2D eigenvalue weighted by atomic mass is 10.1. The average molecular weight is 454 g/mol. The van der Waals surface area contributed by atoms with Crippen LogP contribution in [-0.2, 0) is 9.59 Å². The number of para-hydroxylation sites is 1. The molecule has 7 heteroatoms. The van der Waals surface area contributed by atoms with Gasteiger partial charge in [0.2, 0.25) is 17.7 Å².